The Morgan fingerprint density at radius 2 is 1.79 bits per heavy atom. The number of carboxylic acid groups (broad SMARTS) is 1. The highest BCUT2D eigenvalue weighted by Crippen LogP contribution is 2.40. The van der Waals surface area contributed by atoms with Crippen LogP contribution in [0.3, 0.4) is 0 Å². The number of rotatable bonds is 5. The van der Waals surface area contributed by atoms with Crippen molar-refractivity contribution in [1.82, 2.24) is 0 Å². The van der Waals surface area contributed by atoms with E-state index in [0.29, 0.717) is 15.6 Å². The molecular weight excluding hydrogens is 531 g/mol. The van der Waals surface area contributed by atoms with Crippen molar-refractivity contribution in [2.75, 3.05) is 22.9 Å². The van der Waals surface area contributed by atoms with Gasteiger partial charge >= 0.3 is 5.97 Å². The Morgan fingerprint density at radius 1 is 1.06 bits per heavy atom. The van der Waals surface area contributed by atoms with Crippen LogP contribution in [0.1, 0.15) is 36.2 Å². The summed E-state index contributed by atoms with van der Waals surface area (Å²) >= 11 is 16.2. The van der Waals surface area contributed by atoms with E-state index >= 15 is 0 Å². The van der Waals surface area contributed by atoms with Gasteiger partial charge in [-0.25, -0.2) is 4.79 Å². The molecule has 9 heteroatoms. The molecule has 33 heavy (non-hydrogen) atoms. The molecule has 1 N–H and O–H groups in total. The molecule has 3 aromatic rings. The van der Waals surface area contributed by atoms with Gasteiger partial charge in [-0.1, -0.05) is 23.2 Å². The topological polar surface area (TPSA) is 74.0 Å². The maximum Gasteiger partial charge on any atom is 0.371 e. The van der Waals surface area contributed by atoms with Crippen molar-refractivity contribution < 1.29 is 19.1 Å². The van der Waals surface area contributed by atoms with Crippen molar-refractivity contribution in [3.05, 3.63) is 56.7 Å². The molecule has 0 bridgehead atoms. The average molecular weight is 552 g/mol. The molecule has 1 aliphatic heterocycles. The number of furan rings is 1. The van der Waals surface area contributed by atoms with E-state index in [1.807, 2.05) is 17.0 Å². The van der Waals surface area contributed by atoms with Crippen molar-refractivity contribution in [2.24, 2.45) is 5.92 Å². The van der Waals surface area contributed by atoms with E-state index < -0.39 is 5.97 Å². The van der Waals surface area contributed by atoms with Crippen molar-refractivity contribution in [1.29, 1.82) is 0 Å². The van der Waals surface area contributed by atoms with Crippen LogP contribution in [0, 0.1) is 5.92 Å². The normalized spacial score (nSPS) is 16.9. The number of amides is 1. The standard InChI is InChI=1S/C24H21BrCl2N2O4/c25-22-16-12-21(24(31)32)33-20(16)6-5-19(22)28-9-7-15(8-10-28)29(23(30)13-1-2-13)18-4-3-14(26)11-17(18)27/h3-6,11-13,15H,1-2,7-10H2,(H,31,32). The van der Waals surface area contributed by atoms with Crippen molar-refractivity contribution in [3.63, 3.8) is 0 Å². The zero-order chi connectivity index (χ0) is 23.3. The molecule has 1 saturated heterocycles. The molecule has 6 nitrogen and oxygen atoms in total. The van der Waals surface area contributed by atoms with Crippen LogP contribution < -0.4 is 9.80 Å². The van der Waals surface area contributed by atoms with Crippen molar-refractivity contribution >= 4 is 73.4 Å². The Kier molecular flexibility index (Phi) is 6.05. The van der Waals surface area contributed by atoms with E-state index in [4.69, 9.17) is 27.6 Å². The molecule has 2 aromatic carbocycles. The Bertz CT molecular complexity index is 1250. The van der Waals surface area contributed by atoms with E-state index in [0.717, 1.165) is 60.0 Å². The van der Waals surface area contributed by atoms with Gasteiger partial charge in [-0.2, -0.15) is 0 Å². The highest BCUT2D eigenvalue weighted by atomic mass is 79.9. The fraction of sp³-hybridized carbons (Fsp3) is 0.333. The predicted octanol–water partition coefficient (Wildman–Crippen LogP) is 6.61. The number of benzene rings is 2. The van der Waals surface area contributed by atoms with Crippen molar-refractivity contribution in [2.45, 2.75) is 31.7 Å². The minimum atomic E-state index is -1.10. The zero-order valence-electron chi connectivity index (χ0n) is 17.6. The summed E-state index contributed by atoms with van der Waals surface area (Å²) in [7, 11) is 0. The summed E-state index contributed by atoms with van der Waals surface area (Å²) in [6, 6.07) is 10.6. The summed E-state index contributed by atoms with van der Waals surface area (Å²) in [5, 5.41) is 11.0. The number of hydrogen-bond donors (Lipinski definition) is 1. The van der Waals surface area contributed by atoms with Gasteiger partial charge in [0, 0.05) is 41.5 Å². The summed E-state index contributed by atoms with van der Waals surface area (Å²) in [4.78, 5) is 28.6. The lowest BCUT2D eigenvalue weighted by Gasteiger charge is -2.40. The maximum absolute atomic E-state index is 13.2. The van der Waals surface area contributed by atoms with Crippen LogP contribution in [-0.2, 0) is 4.79 Å². The second-order valence-corrected chi connectivity index (χ2v) is 10.2. The molecule has 172 valence electrons. The van der Waals surface area contributed by atoms with Gasteiger partial charge < -0.3 is 19.3 Å². The van der Waals surface area contributed by atoms with Crippen LogP contribution in [0.2, 0.25) is 10.0 Å². The van der Waals surface area contributed by atoms with Crippen molar-refractivity contribution in [3.8, 4) is 0 Å². The third-order valence-corrected chi connectivity index (χ3v) is 7.70. The number of carboxylic acids is 1. The lowest BCUT2D eigenvalue weighted by atomic mass is 10.0. The monoisotopic (exact) mass is 550 g/mol. The molecule has 1 aliphatic carbocycles. The second kappa shape index (κ2) is 8.85. The maximum atomic E-state index is 13.2. The fourth-order valence-electron chi connectivity index (χ4n) is 4.48. The minimum Gasteiger partial charge on any atom is -0.475 e. The zero-order valence-corrected chi connectivity index (χ0v) is 20.7. The van der Waals surface area contributed by atoms with Gasteiger partial charge in [-0.3, -0.25) is 4.79 Å². The molecular formula is C24H21BrCl2N2O4. The molecule has 1 amide bonds. The molecule has 0 radical (unpaired) electrons. The first-order chi connectivity index (χ1) is 15.8. The number of hydrogen-bond acceptors (Lipinski definition) is 4. The Balaban J connectivity index is 1.38. The Morgan fingerprint density at radius 3 is 2.42 bits per heavy atom. The second-order valence-electron chi connectivity index (χ2n) is 8.52. The lowest BCUT2D eigenvalue weighted by molar-refractivity contribution is -0.120. The van der Waals surface area contributed by atoms with Crippen LogP contribution in [0.25, 0.3) is 11.0 Å². The molecule has 1 saturated carbocycles. The van der Waals surface area contributed by atoms with Crippen LogP contribution in [0.15, 0.2) is 45.3 Å². The molecule has 1 aromatic heterocycles. The number of halogens is 3. The van der Waals surface area contributed by atoms with Gasteiger partial charge in [0.05, 0.1) is 20.9 Å². The first-order valence-corrected chi connectivity index (χ1v) is 12.4. The number of fused-ring (bicyclic) bond motifs is 1. The van der Waals surface area contributed by atoms with Crippen LogP contribution in [0.5, 0.6) is 0 Å². The predicted molar refractivity (Wildman–Crippen MR) is 133 cm³/mol. The summed E-state index contributed by atoms with van der Waals surface area (Å²) in [5.41, 5.74) is 2.22. The Hall–Kier alpha value is -2.22. The van der Waals surface area contributed by atoms with Crippen LogP contribution in [0.4, 0.5) is 11.4 Å². The molecule has 0 spiro atoms. The lowest BCUT2D eigenvalue weighted by Crippen LogP contribution is -2.48. The molecule has 2 fully saturated rings. The first kappa shape index (κ1) is 22.6. The average Bonchev–Trinajstić information content (AvgIpc) is 3.54. The largest absolute Gasteiger partial charge is 0.475 e. The number of carbonyl (C=O) groups excluding carboxylic acids is 1. The van der Waals surface area contributed by atoms with E-state index in [2.05, 4.69) is 20.8 Å². The van der Waals surface area contributed by atoms with Gasteiger partial charge in [0.2, 0.25) is 11.7 Å². The smallest absolute Gasteiger partial charge is 0.371 e. The quantitative estimate of drug-likeness (QED) is 0.386. The first-order valence-electron chi connectivity index (χ1n) is 10.8. The Labute approximate surface area is 209 Å². The minimum absolute atomic E-state index is 0.0445. The van der Waals surface area contributed by atoms with Crippen LogP contribution in [-0.4, -0.2) is 36.1 Å². The summed E-state index contributed by atoms with van der Waals surface area (Å²) in [6.07, 6.45) is 3.42. The van der Waals surface area contributed by atoms with Gasteiger partial charge in [-0.15, -0.1) is 0 Å². The number of carbonyl (C=O) groups is 2. The summed E-state index contributed by atoms with van der Waals surface area (Å²) < 4.78 is 6.22. The van der Waals surface area contributed by atoms with E-state index in [-0.39, 0.29) is 23.6 Å². The molecule has 2 aliphatic rings. The third kappa shape index (κ3) is 4.34. The van der Waals surface area contributed by atoms with Gasteiger partial charge in [-0.05, 0) is 71.9 Å². The molecule has 2 heterocycles. The highest BCUT2D eigenvalue weighted by Gasteiger charge is 2.39. The van der Waals surface area contributed by atoms with Gasteiger partial charge in [0.15, 0.2) is 0 Å². The number of aromatic carboxylic acids is 1. The summed E-state index contributed by atoms with van der Waals surface area (Å²) in [6.45, 7) is 1.50. The number of nitrogens with zero attached hydrogens (tertiary/aromatic N) is 2. The van der Waals surface area contributed by atoms with E-state index in [1.165, 1.54) is 6.07 Å². The number of anilines is 2. The third-order valence-electron chi connectivity index (χ3n) is 6.33. The SMILES string of the molecule is O=C(O)c1cc2c(Br)c(N3CCC(N(C(=O)C4CC4)c4ccc(Cl)cc4Cl)CC3)ccc2o1. The number of piperidine rings is 1. The fourth-order valence-corrected chi connectivity index (χ4v) is 5.67. The summed E-state index contributed by atoms with van der Waals surface area (Å²) in [5.74, 6) is -0.965. The highest BCUT2D eigenvalue weighted by molar-refractivity contribution is 9.10. The van der Waals surface area contributed by atoms with Crippen LogP contribution >= 0.6 is 39.1 Å². The molecule has 5 rings (SSSR count). The molecule has 0 atom stereocenters. The van der Waals surface area contributed by atoms with Gasteiger partial charge in [0.25, 0.3) is 0 Å². The van der Waals surface area contributed by atoms with Gasteiger partial charge in [0.1, 0.15) is 5.58 Å². The van der Waals surface area contributed by atoms with E-state index in [1.54, 1.807) is 18.2 Å². The molecule has 0 unspecified atom stereocenters. The van der Waals surface area contributed by atoms with E-state index in [9.17, 15) is 14.7 Å².